The van der Waals surface area contributed by atoms with E-state index in [2.05, 4.69) is 170 Å². The fourth-order valence-electron chi connectivity index (χ4n) is 7.77. The van der Waals surface area contributed by atoms with Gasteiger partial charge in [0, 0.05) is 0 Å². The van der Waals surface area contributed by atoms with Crippen LogP contribution in [0.4, 0.5) is 0 Å². The third-order valence-corrected chi connectivity index (χ3v) is 9.83. The summed E-state index contributed by atoms with van der Waals surface area (Å²) in [4.78, 5) is 12.7. The van der Waals surface area contributed by atoms with E-state index in [1.807, 2.05) is 12.2 Å². The lowest BCUT2D eigenvalue weighted by Crippen LogP contribution is -2.04. The Kier molecular flexibility index (Phi) is 7.37. The van der Waals surface area contributed by atoms with Gasteiger partial charge in [0.15, 0.2) is 5.78 Å². The van der Waals surface area contributed by atoms with Gasteiger partial charge in [-0.15, -0.1) is 0 Å². The van der Waals surface area contributed by atoms with Gasteiger partial charge >= 0.3 is 0 Å². The van der Waals surface area contributed by atoms with Crippen molar-refractivity contribution in [2.24, 2.45) is 0 Å². The van der Waals surface area contributed by atoms with Crippen LogP contribution in [0.1, 0.15) is 33.4 Å². The molecule has 0 aliphatic heterocycles. The van der Waals surface area contributed by atoms with E-state index in [1.165, 1.54) is 32.7 Å². The quantitative estimate of drug-likeness (QED) is 0.176. The molecule has 0 atom stereocenters. The van der Waals surface area contributed by atoms with Gasteiger partial charge in [0.25, 0.3) is 0 Å². The summed E-state index contributed by atoms with van der Waals surface area (Å²) in [6.07, 6.45) is 7.39. The number of hydrogen-bond donors (Lipinski definition) is 0. The van der Waals surface area contributed by atoms with E-state index in [0.717, 1.165) is 55.7 Å². The van der Waals surface area contributed by atoms with E-state index in [4.69, 9.17) is 0 Å². The van der Waals surface area contributed by atoms with Crippen LogP contribution in [0.3, 0.4) is 0 Å². The Morgan fingerprint density at radius 2 is 0.560 bits per heavy atom. The van der Waals surface area contributed by atoms with Gasteiger partial charge < -0.3 is 0 Å². The average molecular weight is 637 g/mol. The third-order valence-electron chi connectivity index (χ3n) is 9.83. The molecular formula is C49H32O. The fourth-order valence-corrected chi connectivity index (χ4v) is 7.77. The molecule has 1 heteroatoms. The van der Waals surface area contributed by atoms with Gasteiger partial charge in [0.1, 0.15) is 0 Å². The molecule has 7 aromatic rings. The predicted molar refractivity (Wildman–Crippen MR) is 209 cm³/mol. The van der Waals surface area contributed by atoms with Gasteiger partial charge in [-0.25, -0.2) is 0 Å². The standard InChI is InChI=1S/C49H32O/c50-38-31-29-37(30-32-38)45-43(33-17-5-1-6-18-33)46(35-21-9-3-10-22-35)48-41-27-15-13-25-39(41)40-26-14-16-28-42(40)49(48)47(36-23-11-4-12-24-36)44(45)34-19-7-2-8-20-34/h1-32H. The van der Waals surface area contributed by atoms with Crippen LogP contribution in [0.15, 0.2) is 205 Å². The summed E-state index contributed by atoms with van der Waals surface area (Å²) in [6.45, 7) is 0. The van der Waals surface area contributed by atoms with Crippen LogP contribution in [-0.2, 0) is 4.79 Å². The van der Waals surface area contributed by atoms with Crippen LogP contribution < -0.4 is 0 Å². The van der Waals surface area contributed by atoms with E-state index in [0.29, 0.717) is 0 Å². The van der Waals surface area contributed by atoms with Crippen molar-refractivity contribution < 1.29 is 4.79 Å². The number of carbonyl (C=O) groups is 1. The van der Waals surface area contributed by atoms with Crippen molar-refractivity contribution in [1.82, 2.24) is 0 Å². The van der Waals surface area contributed by atoms with Crippen LogP contribution >= 0.6 is 0 Å². The monoisotopic (exact) mass is 636 g/mol. The number of carbonyl (C=O) groups excluding carboxylic acids is 1. The first-order valence-corrected chi connectivity index (χ1v) is 17.1. The van der Waals surface area contributed by atoms with Gasteiger partial charge in [0.2, 0.25) is 0 Å². The summed E-state index contributed by atoms with van der Waals surface area (Å²) < 4.78 is 0. The molecule has 9 rings (SSSR count). The van der Waals surface area contributed by atoms with E-state index in [9.17, 15) is 4.79 Å². The second-order valence-corrected chi connectivity index (χ2v) is 12.7. The molecule has 0 radical (unpaired) electrons. The van der Waals surface area contributed by atoms with Crippen LogP contribution in [0.2, 0.25) is 0 Å². The summed E-state index contributed by atoms with van der Waals surface area (Å²) in [5.74, 6) is -0.00899. The Morgan fingerprint density at radius 3 is 0.920 bits per heavy atom. The second-order valence-electron chi connectivity index (χ2n) is 12.7. The lowest BCUT2D eigenvalue weighted by atomic mass is 9.79. The fraction of sp³-hybridized carbons (Fsp3) is 0. The lowest BCUT2D eigenvalue weighted by molar-refractivity contribution is -0.110. The summed E-state index contributed by atoms with van der Waals surface area (Å²) in [7, 11) is 0. The van der Waals surface area contributed by atoms with Crippen LogP contribution in [0.5, 0.6) is 0 Å². The van der Waals surface area contributed by atoms with Crippen molar-refractivity contribution in [3.63, 3.8) is 0 Å². The number of rotatable bonds is 4. The maximum atomic E-state index is 12.7. The molecule has 0 bridgehead atoms. The molecule has 0 aromatic heterocycles. The summed E-state index contributed by atoms with van der Waals surface area (Å²) in [5, 5.41) is 4.84. The maximum Gasteiger partial charge on any atom is 0.178 e. The first-order valence-electron chi connectivity index (χ1n) is 17.1. The Labute approximate surface area is 292 Å². The van der Waals surface area contributed by atoms with Crippen LogP contribution in [0, 0.1) is 0 Å². The summed E-state index contributed by atoms with van der Waals surface area (Å²) in [5.41, 5.74) is 13.5. The minimum Gasteiger partial charge on any atom is -0.290 e. The van der Waals surface area contributed by atoms with Crippen molar-refractivity contribution in [3.05, 3.63) is 239 Å². The lowest BCUT2D eigenvalue weighted by Gasteiger charge is -2.23. The Morgan fingerprint density at radius 1 is 0.260 bits per heavy atom. The average Bonchev–Trinajstić information content (AvgIpc) is 3.33. The Bertz CT molecular complexity index is 2420. The van der Waals surface area contributed by atoms with Gasteiger partial charge in [-0.2, -0.15) is 0 Å². The minimum absolute atomic E-state index is 0.00899. The molecule has 0 amide bonds. The number of ketones is 1. The topological polar surface area (TPSA) is 17.1 Å². The molecule has 1 nitrogen and oxygen atoms in total. The first kappa shape index (κ1) is 29.6. The minimum atomic E-state index is -0.00899. The van der Waals surface area contributed by atoms with Crippen LogP contribution in [-0.4, -0.2) is 5.78 Å². The number of allylic oxidation sites excluding steroid dienone is 8. The van der Waals surface area contributed by atoms with E-state index >= 15 is 0 Å². The molecule has 0 N–H and O–H groups in total. The largest absolute Gasteiger partial charge is 0.290 e. The molecule has 0 spiro atoms. The summed E-state index contributed by atoms with van der Waals surface area (Å²) in [6, 6.07) is 60.9. The van der Waals surface area contributed by atoms with Crippen molar-refractivity contribution in [3.8, 4) is 0 Å². The first-order chi connectivity index (χ1) is 24.8. The molecule has 0 fully saturated rings. The van der Waals surface area contributed by atoms with Gasteiger partial charge in [0.05, 0.1) is 0 Å². The molecule has 0 unspecified atom stereocenters. The number of hydrogen-bond acceptors (Lipinski definition) is 1. The zero-order valence-corrected chi connectivity index (χ0v) is 27.4. The molecule has 2 aliphatic rings. The highest BCUT2D eigenvalue weighted by Gasteiger charge is 2.34. The molecule has 234 valence electrons. The smallest absolute Gasteiger partial charge is 0.178 e. The normalized spacial score (nSPS) is 14.4. The van der Waals surface area contributed by atoms with Crippen molar-refractivity contribution >= 4 is 49.6 Å². The second kappa shape index (κ2) is 12.5. The highest BCUT2D eigenvalue weighted by Crippen LogP contribution is 2.55. The summed E-state index contributed by atoms with van der Waals surface area (Å²) >= 11 is 0. The van der Waals surface area contributed by atoms with Crippen molar-refractivity contribution in [2.75, 3.05) is 0 Å². The zero-order chi connectivity index (χ0) is 33.4. The maximum absolute atomic E-state index is 12.7. The van der Waals surface area contributed by atoms with Crippen molar-refractivity contribution in [2.45, 2.75) is 0 Å². The van der Waals surface area contributed by atoms with E-state index in [1.54, 1.807) is 12.2 Å². The van der Waals surface area contributed by atoms with Crippen molar-refractivity contribution in [1.29, 1.82) is 0 Å². The van der Waals surface area contributed by atoms with Gasteiger partial charge in [-0.05, 0) is 101 Å². The molecule has 7 aromatic carbocycles. The Hall–Kier alpha value is -6.57. The van der Waals surface area contributed by atoms with Crippen LogP contribution in [0.25, 0.3) is 43.8 Å². The molecule has 0 saturated carbocycles. The SMILES string of the molecule is O=C1C=CC(=C2C(c3ccccc3)=C(c3ccccc3)c3c(c4ccccc4c4ccccc34)C(c3ccccc3)=C2c2ccccc2)C=C1. The van der Waals surface area contributed by atoms with E-state index in [-0.39, 0.29) is 5.78 Å². The van der Waals surface area contributed by atoms with Gasteiger partial charge in [-0.3, -0.25) is 4.79 Å². The number of benzene rings is 7. The third kappa shape index (κ3) is 4.91. The van der Waals surface area contributed by atoms with E-state index < -0.39 is 0 Å². The molecular weight excluding hydrogens is 605 g/mol. The molecule has 0 heterocycles. The molecule has 0 saturated heterocycles. The predicted octanol–water partition coefficient (Wildman–Crippen LogP) is 11.9. The zero-order valence-electron chi connectivity index (χ0n) is 27.4. The molecule has 2 aliphatic carbocycles. The highest BCUT2D eigenvalue weighted by atomic mass is 16.1. The number of fused-ring (bicyclic) bond motifs is 6. The Balaban J connectivity index is 1.66. The van der Waals surface area contributed by atoms with Gasteiger partial charge in [-0.1, -0.05) is 182 Å². The molecule has 50 heavy (non-hydrogen) atoms. The highest BCUT2D eigenvalue weighted by molar-refractivity contribution is 6.29.